The van der Waals surface area contributed by atoms with Crippen LogP contribution in [0.4, 0.5) is 10.1 Å². The standard InChI is InChI=1S/C19H21FN2O4/c1-4-25-17-11-14(20)8-9-16(17)21-19(24)13-6-5-7-15(10-13)26-12-18(23)22(2)3/h5-11H,4,12H2,1-3H3,(H,21,24). The van der Waals surface area contributed by atoms with Gasteiger partial charge in [0.15, 0.2) is 6.61 Å². The molecule has 0 fully saturated rings. The Kier molecular flexibility index (Phi) is 6.54. The normalized spacial score (nSPS) is 10.2. The number of halogens is 1. The SMILES string of the molecule is CCOc1cc(F)ccc1NC(=O)c1cccc(OCC(=O)N(C)C)c1. The van der Waals surface area contributed by atoms with E-state index in [-0.39, 0.29) is 18.3 Å². The molecule has 138 valence electrons. The van der Waals surface area contributed by atoms with E-state index in [0.717, 1.165) is 0 Å². The summed E-state index contributed by atoms with van der Waals surface area (Å²) < 4.78 is 24.1. The summed E-state index contributed by atoms with van der Waals surface area (Å²) in [6.07, 6.45) is 0. The first-order chi connectivity index (χ1) is 12.4. The van der Waals surface area contributed by atoms with Crippen LogP contribution >= 0.6 is 0 Å². The monoisotopic (exact) mass is 360 g/mol. The minimum absolute atomic E-state index is 0.121. The molecule has 0 saturated carbocycles. The molecular formula is C19H21FN2O4. The van der Waals surface area contributed by atoms with Gasteiger partial charge in [0.05, 0.1) is 12.3 Å². The molecule has 0 spiro atoms. The summed E-state index contributed by atoms with van der Waals surface area (Å²) in [7, 11) is 3.27. The molecule has 6 nitrogen and oxygen atoms in total. The first kappa shape index (κ1) is 19.2. The van der Waals surface area contributed by atoms with Gasteiger partial charge >= 0.3 is 0 Å². The fourth-order valence-corrected chi connectivity index (χ4v) is 2.07. The summed E-state index contributed by atoms with van der Waals surface area (Å²) in [5.74, 6) is -0.385. The van der Waals surface area contributed by atoms with Crippen LogP contribution in [0.2, 0.25) is 0 Å². The van der Waals surface area contributed by atoms with Crippen LogP contribution in [-0.2, 0) is 4.79 Å². The van der Waals surface area contributed by atoms with Crippen LogP contribution < -0.4 is 14.8 Å². The minimum atomic E-state index is -0.451. The molecule has 7 heteroatoms. The third-order valence-corrected chi connectivity index (χ3v) is 3.45. The topological polar surface area (TPSA) is 67.9 Å². The van der Waals surface area contributed by atoms with Crippen LogP contribution in [0.15, 0.2) is 42.5 Å². The van der Waals surface area contributed by atoms with Gasteiger partial charge in [-0.25, -0.2) is 4.39 Å². The van der Waals surface area contributed by atoms with E-state index >= 15 is 0 Å². The van der Waals surface area contributed by atoms with Crippen LogP contribution in [-0.4, -0.2) is 44.0 Å². The Balaban J connectivity index is 2.10. The lowest BCUT2D eigenvalue weighted by molar-refractivity contribution is -0.130. The maximum atomic E-state index is 13.4. The predicted molar refractivity (Wildman–Crippen MR) is 96.2 cm³/mol. The number of carbonyl (C=O) groups is 2. The number of amides is 2. The van der Waals surface area contributed by atoms with Crippen molar-refractivity contribution in [3.8, 4) is 11.5 Å². The van der Waals surface area contributed by atoms with E-state index in [1.807, 2.05) is 0 Å². The van der Waals surface area contributed by atoms with Gasteiger partial charge in [-0.15, -0.1) is 0 Å². The molecule has 0 atom stereocenters. The number of carbonyl (C=O) groups excluding carboxylic acids is 2. The number of hydrogen-bond donors (Lipinski definition) is 1. The van der Waals surface area contributed by atoms with E-state index in [9.17, 15) is 14.0 Å². The molecule has 2 aromatic rings. The number of nitrogens with one attached hydrogen (secondary N) is 1. The van der Waals surface area contributed by atoms with Gasteiger partial charge in [0.2, 0.25) is 0 Å². The Labute approximate surface area is 151 Å². The summed E-state index contributed by atoms with van der Waals surface area (Å²) in [6, 6.07) is 10.3. The highest BCUT2D eigenvalue weighted by Crippen LogP contribution is 2.26. The van der Waals surface area contributed by atoms with Crippen molar-refractivity contribution in [2.75, 3.05) is 32.6 Å². The van der Waals surface area contributed by atoms with E-state index in [0.29, 0.717) is 23.6 Å². The molecule has 0 unspecified atom stereocenters. The van der Waals surface area contributed by atoms with Crippen molar-refractivity contribution in [3.05, 3.63) is 53.8 Å². The summed E-state index contributed by atoms with van der Waals surface area (Å²) in [4.78, 5) is 25.5. The summed E-state index contributed by atoms with van der Waals surface area (Å²) >= 11 is 0. The van der Waals surface area contributed by atoms with Crippen LogP contribution in [0.3, 0.4) is 0 Å². The minimum Gasteiger partial charge on any atom is -0.492 e. The number of likely N-dealkylation sites (N-methyl/N-ethyl adjacent to an activating group) is 1. The second-order valence-electron chi connectivity index (χ2n) is 5.63. The molecule has 0 aliphatic heterocycles. The van der Waals surface area contributed by atoms with Crippen LogP contribution in [0.5, 0.6) is 11.5 Å². The summed E-state index contributed by atoms with van der Waals surface area (Å²) in [5, 5.41) is 2.69. The van der Waals surface area contributed by atoms with Gasteiger partial charge in [0.1, 0.15) is 17.3 Å². The molecule has 2 aromatic carbocycles. The zero-order valence-electron chi connectivity index (χ0n) is 14.9. The average Bonchev–Trinajstić information content (AvgIpc) is 2.62. The lowest BCUT2D eigenvalue weighted by Gasteiger charge is -2.13. The maximum Gasteiger partial charge on any atom is 0.259 e. The number of anilines is 1. The van der Waals surface area contributed by atoms with Crippen LogP contribution in [0.25, 0.3) is 0 Å². The zero-order valence-corrected chi connectivity index (χ0v) is 14.9. The lowest BCUT2D eigenvalue weighted by atomic mass is 10.2. The number of benzene rings is 2. The Morgan fingerprint density at radius 3 is 2.58 bits per heavy atom. The Morgan fingerprint density at radius 1 is 1.12 bits per heavy atom. The first-order valence-corrected chi connectivity index (χ1v) is 8.07. The largest absolute Gasteiger partial charge is 0.492 e. The van der Waals surface area contributed by atoms with Gasteiger partial charge in [0.25, 0.3) is 11.8 Å². The first-order valence-electron chi connectivity index (χ1n) is 8.07. The van der Waals surface area contributed by atoms with Gasteiger partial charge < -0.3 is 19.7 Å². The molecule has 0 saturated heterocycles. The van der Waals surface area contributed by atoms with Crippen LogP contribution in [0, 0.1) is 5.82 Å². The predicted octanol–water partition coefficient (Wildman–Crippen LogP) is 2.94. The number of rotatable bonds is 7. The third-order valence-electron chi connectivity index (χ3n) is 3.45. The van der Waals surface area contributed by atoms with Crippen LogP contribution in [0.1, 0.15) is 17.3 Å². The Hall–Kier alpha value is -3.09. The summed E-state index contributed by atoms with van der Waals surface area (Å²) in [5.41, 5.74) is 0.707. The highest BCUT2D eigenvalue weighted by molar-refractivity contribution is 6.05. The molecule has 0 aromatic heterocycles. The number of ether oxygens (including phenoxy) is 2. The van der Waals surface area contributed by atoms with Crippen molar-refractivity contribution in [1.29, 1.82) is 0 Å². The highest BCUT2D eigenvalue weighted by atomic mass is 19.1. The van der Waals surface area contributed by atoms with Gasteiger partial charge in [-0.2, -0.15) is 0 Å². The molecule has 1 N–H and O–H groups in total. The zero-order chi connectivity index (χ0) is 19.1. The van der Waals surface area contributed by atoms with Crippen molar-refractivity contribution in [3.63, 3.8) is 0 Å². The second-order valence-corrected chi connectivity index (χ2v) is 5.63. The van der Waals surface area contributed by atoms with E-state index < -0.39 is 11.7 Å². The number of nitrogens with zero attached hydrogens (tertiary/aromatic N) is 1. The van der Waals surface area contributed by atoms with Gasteiger partial charge in [0, 0.05) is 25.7 Å². The summed E-state index contributed by atoms with van der Waals surface area (Å²) in [6.45, 7) is 1.99. The molecule has 2 rings (SSSR count). The molecule has 0 heterocycles. The fourth-order valence-electron chi connectivity index (χ4n) is 2.07. The molecule has 2 amide bonds. The van der Waals surface area contributed by atoms with E-state index in [1.165, 1.54) is 29.2 Å². The molecular weight excluding hydrogens is 339 g/mol. The van der Waals surface area contributed by atoms with Crippen molar-refractivity contribution >= 4 is 17.5 Å². The van der Waals surface area contributed by atoms with E-state index in [1.54, 1.807) is 39.2 Å². The van der Waals surface area contributed by atoms with Crippen molar-refractivity contribution < 1.29 is 23.5 Å². The Bertz CT molecular complexity index is 793. The highest BCUT2D eigenvalue weighted by Gasteiger charge is 2.12. The van der Waals surface area contributed by atoms with Crippen molar-refractivity contribution in [2.24, 2.45) is 0 Å². The maximum absolute atomic E-state index is 13.4. The Morgan fingerprint density at radius 2 is 1.88 bits per heavy atom. The number of hydrogen-bond acceptors (Lipinski definition) is 4. The smallest absolute Gasteiger partial charge is 0.259 e. The average molecular weight is 360 g/mol. The van der Waals surface area contributed by atoms with Gasteiger partial charge in [-0.05, 0) is 37.3 Å². The molecule has 0 radical (unpaired) electrons. The lowest BCUT2D eigenvalue weighted by Crippen LogP contribution is -2.27. The molecule has 0 aliphatic carbocycles. The third kappa shape index (κ3) is 5.20. The van der Waals surface area contributed by atoms with Gasteiger partial charge in [-0.3, -0.25) is 9.59 Å². The van der Waals surface area contributed by atoms with Crippen molar-refractivity contribution in [1.82, 2.24) is 4.90 Å². The molecule has 0 bridgehead atoms. The fraction of sp³-hybridized carbons (Fsp3) is 0.263. The molecule has 0 aliphatic rings. The quantitative estimate of drug-likeness (QED) is 0.824. The second kappa shape index (κ2) is 8.84. The van der Waals surface area contributed by atoms with Gasteiger partial charge in [-0.1, -0.05) is 6.07 Å². The van der Waals surface area contributed by atoms with E-state index in [2.05, 4.69) is 5.32 Å². The molecule has 26 heavy (non-hydrogen) atoms. The van der Waals surface area contributed by atoms with Crippen molar-refractivity contribution in [2.45, 2.75) is 6.92 Å². The van der Waals surface area contributed by atoms with E-state index in [4.69, 9.17) is 9.47 Å².